The second kappa shape index (κ2) is 6.97. The molecule has 0 bridgehead atoms. The van der Waals surface area contributed by atoms with Gasteiger partial charge in [-0.1, -0.05) is 0 Å². The molecule has 2 amide bonds. The van der Waals surface area contributed by atoms with E-state index >= 15 is 0 Å². The molecule has 2 aromatic rings. The van der Waals surface area contributed by atoms with Crippen LogP contribution in [0.2, 0.25) is 0 Å². The largest absolute Gasteiger partial charge is 0.472 e. The van der Waals surface area contributed by atoms with Gasteiger partial charge in [-0.15, -0.1) is 11.3 Å². The van der Waals surface area contributed by atoms with Gasteiger partial charge in [-0.2, -0.15) is 0 Å². The Labute approximate surface area is 150 Å². The molecule has 0 radical (unpaired) electrons. The highest BCUT2D eigenvalue weighted by Crippen LogP contribution is 2.28. The lowest BCUT2D eigenvalue weighted by Gasteiger charge is -2.27. The van der Waals surface area contributed by atoms with Crippen LogP contribution in [0.3, 0.4) is 0 Å². The first-order valence-electron chi connectivity index (χ1n) is 8.16. The average molecular weight is 362 g/mol. The van der Waals surface area contributed by atoms with Gasteiger partial charge in [0.1, 0.15) is 6.26 Å². The highest BCUT2D eigenvalue weighted by molar-refractivity contribution is 7.15. The van der Waals surface area contributed by atoms with Crippen LogP contribution in [0.5, 0.6) is 0 Å². The summed E-state index contributed by atoms with van der Waals surface area (Å²) in [4.78, 5) is 31.9. The molecular weight excluding hydrogens is 340 g/mol. The number of furan rings is 1. The molecule has 0 spiro atoms. The normalized spacial score (nSPS) is 14.8. The Morgan fingerprint density at radius 2 is 2.20 bits per heavy atom. The molecule has 1 aliphatic heterocycles. The third-order valence-electron chi connectivity index (χ3n) is 3.70. The fraction of sp³-hybridized carbons (Fsp3) is 0.471. The third kappa shape index (κ3) is 4.67. The highest BCUT2D eigenvalue weighted by atomic mass is 32.1. The maximum absolute atomic E-state index is 12.1. The summed E-state index contributed by atoms with van der Waals surface area (Å²) in [6, 6.07) is 1.61. The molecular formula is C17H22N4O3S. The zero-order valence-electron chi connectivity index (χ0n) is 14.6. The van der Waals surface area contributed by atoms with E-state index in [-0.39, 0.29) is 17.4 Å². The zero-order valence-corrected chi connectivity index (χ0v) is 15.4. The summed E-state index contributed by atoms with van der Waals surface area (Å²) in [6.45, 7) is 7.73. The number of nitrogens with zero attached hydrogens (tertiary/aromatic N) is 2. The number of hydrogen-bond acceptors (Lipinski definition) is 6. The predicted octanol–water partition coefficient (Wildman–Crippen LogP) is 2.26. The second-order valence-electron chi connectivity index (χ2n) is 7.11. The van der Waals surface area contributed by atoms with Gasteiger partial charge in [0.25, 0.3) is 5.91 Å². The maximum Gasteiger partial charge on any atom is 0.260 e. The lowest BCUT2D eigenvalue weighted by atomic mass is 10.1. The van der Waals surface area contributed by atoms with Crippen LogP contribution in [0.4, 0.5) is 5.13 Å². The minimum absolute atomic E-state index is 0.0222. The number of hydrogen-bond donors (Lipinski definition) is 2. The quantitative estimate of drug-likeness (QED) is 0.871. The summed E-state index contributed by atoms with van der Waals surface area (Å²) in [7, 11) is 0. The monoisotopic (exact) mass is 362 g/mol. The lowest BCUT2D eigenvalue weighted by molar-refractivity contribution is -0.123. The van der Waals surface area contributed by atoms with Crippen LogP contribution >= 0.6 is 11.3 Å². The molecule has 25 heavy (non-hydrogen) atoms. The van der Waals surface area contributed by atoms with Crippen molar-refractivity contribution in [2.45, 2.75) is 39.3 Å². The van der Waals surface area contributed by atoms with Crippen molar-refractivity contribution < 1.29 is 14.0 Å². The Kier molecular flexibility index (Phi) is 4.91. The van der Waals surface area contributed by atoms with Gasteiger partial charge in [0, 0.05) is 29.9 Å². The zero-order chi connectivity index (χ0) is 18.0. The van der Waals surface area contributed by atoms with Crippen LogP contribution in [0.1, 0.15) is 41.7 Å². The van der Waals surface area contributed by atoms with Gasteiger partial charge in [-0.05, 0) is 26.8 Å². The number of amides is 2. The molecule has 1 aliphatic rings. The SMILES string of the molecule is CC(C)(C)NC(=O)CN1CCc2nc(NC(=O)c3ccoc3)sc2C1. The molecule has 0 atom stereocenters. The summed E-state index contributed by atoms with van der Waals surface area (Å²) in [6.07, 6.45) is 3.64. The van der Waals surface area contributed by atoms with Crippen molar-refractivity contribution in [1.82, 2.24) is 15.2 Å². The van der Waals surface area contributed by atoms with E-state index in [1.54, 1.807) is 6.07 Å². The molecule has 134 valence electrons. The summed E-state index contributed by atoms with van der Waals surface area (Å²) in [5.74, 6) is -0.213. The number of fused-ring (bicyclic) bond motifs is 1. The topological polar surface area (TPSA) is 87.5 Å². The van der Waals surface area contributed by atoms with E-state index in [1.165, 1.54) is 23.9 Å². The Bertz CT molecular complexity index is 761. The van der Waals surface area contributed by atoms with Crippen molar-refractivity contribution in [1.29, 1.82) is 0 Å². The van der Waals surface area contributed by atoms with Crippen molar-refractivity contribution in [2.75, 3.05) is 18.4 Å². The molecule has 0 saturated heterocycles. The summed E-state index contributed by atoms with van der Waals surface area (Å²) in [5, 5.41) is 6.36. The van der Waals surface area contributed by atoms with Crippen molar-refractivity contribution in [2.24, 2.45) is 0 Å². The Morgan fingerprint density at radius 3 is 2.88 bits per heavy atom. The Hall–Kier alpha value is -2.19. The number of anilines is 1. The van der Waals surface area contributed by atoms with E-state index in [2.05, 4.69) is 20.5 Å². The molecule has 0 aliphatic carbocycles. The first-order valence-corrected chi connectivity index (χ1v) is 8.97. The standard InChI is InChI=1S/C17H22N4O3S/c1-17(2,3)20-14(22)9-21-6-4-12-13(8-21)25-16(18-12)19-15(23)11-5-7-24-10-11/h5,7,10H,4,6,8-9H2,1-3H3,(H,20,22)(H,18,19,23). The molecule has 8 heteroatoms. The van der Waals surface area contributed by atoms with Crippen molar-refractivity contribution in [3.8, 4) is 0 Å². The number of aromatic nitrogens is 1. The predicted molar refractivity (Wildman–Crippen MR) is 95.7 cm³/mol. The van der Waals surface area contributed by atoms with Crippen molar-refractivity contribution >= 4 is 28.3 Å². The Balaban J connectivity index is 1.59. The first-order chi connectivity index (χ1) is 11.8. The minimum atomic E-state index is -0.235. The van der Waals surface area contributed by atoms with E-state index in [4.69, 9.17) is 4.42 Å². The van der Waals surface area contributed by atoms with Crippen molar-refractivity contribution in [3.05, 3.63) is 34.7 Å². The van der Waals surface area contributed by atoms with Gasteiger partial charge in [-0.25, -0.2) is 4.98 Å². The van der Waals surface area contributed by atoms with Gasteiger partial charge >= 0.3 is 0 Å². The van der Waals surface area contributed by atoms with E-state index in [9.17, 15) is 9.59 Å². The number of nitrogens with one attached hydrogen (secondary N) is 2. The number of carbonyl (C=O) groups excluding carboxylic acids is 2. The molecule has 3 heterocycles. The summed E-state index contributed by atoms with van der Waals surface area (Å²) >= 11 is 1.46. The second-order valence-corrected chi connectivity index (χ2v) is 8.20. The van der Waals surface area contributed by atoms with Gasteiger partial charge in [-0.3, -0.25) is 19.8 Å². The van der Waals surface area contributed by atoms with Gasteiger partial charge in [0.15, 0.2) is 5.13 Å². The van der Waals surface area contributed by atoms with Crippen LogP contribution in [0.25, 0.3) is 0 Å². The molecule has 2 aromatic heterocycles. The minimum Gasteiger partial charge on any atom is -0.472 e. The Morgan fingerprint density at radius 1 is 1.40 bits per heavy atom. The highest BCUT2D eigenvalue weighted by Gasteiger charge is 2.24. The number of rotatable bonds is 4. The molecule has 0 aromatic carbocycles. The summed E-state index contributed by atoms with van der Waals surface area (Å²) in [5.41, 5.74) is 1.24. The maximum atomic E-state index is 12.1. The molecule has 0 fully saturated rings. The summed E-state index contributed by atoms with van der Waals surface area (Å²) < 4.78 is 4.92. The molecule has 3 rings (SSSR count). The smallest absolute Gasteiger partial charge is 0.260 e. The first kappa shape index (κ1) is 17.6. The lowest BCUT2D eigenvalue weighted by Crippen LogP contribution is -2.46. The molecule has 7 nitrogen and oxygen atoms in total. The average Bonchev–Trinajstić information content (AvgIpc) is 3.13. The van der Waals surface area contributed by atoms with Crippen molar-refractivity contribution in [3.63, 3.8) is 0 Å². The van der Waals surface area contributed by atoms with E-state index < -0.39 is 0 Å². The van der Waals surface area contributed by atoms with E-state index in [0.717, 1.165) is 23.5 Å². The fourth-order valence-corrected chi connectivity index (χ4v) is 3.71. The van der Waals surface area contributed by atoms with Crippen LogP contribution in [-0.2, 0) is 17.8 Å². The van der Waals surface area contributed by atoms with Gasteiger partial charge in [0.05, 0.1) is 24.1 Å². The molecule has 0 unspecified atom stereocenters. The molecule has 2 N–H and O–H groups in total. The molecule has 0 saturated carbocycles. The number of thiazole rings is 1. The van der Waals surface area contributed by atoms with Crippen LogP contribution < -0.4 is 10.6 Å². The van der Waals surface area contributed by atoms with Crippen LogP contribution in [0, 0.1) is 0 Å². The van der Waals surface area contributed by atoms with E-state index in [0.29, 0.717) is 23.8 Å². The van der Waals surface area contributed by atoms with E-state index in [1.807, 2.05) is 20.8 Å². The van der Waals surface area contributed by atoms with Gasteiger partial charge in [0.2, 0.25) is 5.91 Å². The third-order valence-corrected chi connectivity index (χ3v) is 4.69. The van der Waals surface area contributed by atoms with Gasteiger partial charge < -0.3 is 9.73 Å². The van der Waals surface area contributed by atoms with Crippen LogP contribution in [-0.4, -0.2) is 40.3 Å². The van der Waals surface area contributed by atoms with Crippen LogP contribution in [0.15, 0.2) is 23.0 Å². The number of carbonyl (C=O) groups is 2. The fourth-order valence-electron chi connectivity index (χ4n) is 2.66.